The van der Waals surface area contributed by atoms with Gasteiger partial charge in [0.15, 0.2) is 0 Å². The Balaban J connectivity index is 1.66. The summed E-state index contributed by atoms with van der Waals surface area (Å²) in [6, 6.07) is 11.1. The zero-order valence-corrected chi connectivity index (χ0v) is 17.3. The monoisotopic (exact) mass is 368 g/mol. The molecule has 1 amide bonds. The van der Waals surface area contributed by atoms with Gasteiger partial charge in [-0.05, 0) is 57.9 Å². The van der Waals surface area contributed by atoms with Gasteiger partial charge in [-0.25, -0.2) is 0 Å². The summed E-state index contributed by atoms with van der Waals surface area (Å²) in [5, 5.41) is 4.51. The predicted octanol–water partition coefficient (Wildman–Crippen LogP) is 3.49. The van der Waals surface area contributed by atoms with Crippen LogP contribution in [0.25, 0.3) is 0 Å². The lowest BCUT2D eigenvalue weighted by atomic mass is 10.1. The molecule has 1 aromatic heterocycles. The summed E-state index contributed by atoms with van der Waals surface area (Å²) in [5.74, 6) is 0.148. The van der Waals surface area contributed by atoms with E-state index in [9.17, 15) is 4.79 Å². The van der Waals surface area contributed by atoms with Crippen molar-refractivity contribution in [2.45, 2.75) is 59.7 Å². The molecule has 5 heteroatoms. The largest absolute Gasteiger partial charge is 0.336 e. The molecule has 1 fully saturated rings. The summed E-state index contributed by atoms with van der Waals surface area (Å²) >= 11 is 0. The second-order valence-corrected chi connectivity index (χ2v) is 7.93. The van der Waals surface area contributed by atoms with Crippen molar-refractivity contribution in [1.82, 2.24) is 19.6 Å². The first-order chi connectivity index (χ1) is 12.9. The molecule has 0 bridgehead atoms. The van der Waals surface area contributed by atoms with E-state index in [4.69, 9.17) is 0 Å². The highest BCUT2D eigenvalue weighted by atomic mass is 16.2. The number of piperazine rings is 1. The second kappa shape index (κ2) is 8.26. The maximum atomic E-state index is 13.0. The van der Waals surface area contributed by atoms with Gasteiger partial charge >= 0.3 is 0 Å². The Hall–Kier alpha value is -2.14. The number of amides is 1. The molecule has 2 aromatic rings. The van der Waals surface area contributed by atoms with Crippen LogP contribution in [0.3, 0.4) is 0 Å². The van der Waals surface area contributed by atoms with Crippen molar-refractivity contribution in [3.8, 4) is 0 Å². The number of rotatable bonds is 5. The summed E-state index contributed by atoms with van der Waals surface area (Å²) in [4.78, 5) is 17.5. The summed E-state index contributed by atoms with van der Waals surface area (Å²) in [5.41, 5.74) is 4.13. The van der Waals surface area contributed by atoms with Crippen LogP contribution in [0.2, 0.25) is 0 Å². The van der Waals surface area contributed by atoms with E-state index in [0.717, 1.165) is 55.1 Å². The lowest BCUT2D eigenvalue weighted by Crippen LogP contribution is -2.56. The van der Waals surface area contributed by atoms with Crippen LogP contribution in [0, 0.1) is 13.8 Å². The average Bonchev–Trinajstić information content (AvgIpc) is 2.98. The molecular formula is C22H32N4O. The summed E-state index contributed by atoms with van der Waals surface area (Å²) < 4.78 is 2.00. The van der Waals surface area contributed by atoms with Gasteiger partial charge < -0.3 is 4.90 Å². The van der Waals surface area contributed by atoms with E-state index in [2.05, 4.69) is 43.8 Å². The van der Waals surface area contributed by atoms with Gasteiger partial charge in [-0.15, -0.1) is 0 Å². The fraction of sp³-hybridized carbons (Fsp3) is 0.545. The molecule has 27 heavy (non-hydrogen) atoms. The van der Waals surface area contributed by atoms with E-state index < -0.39 is 0 Å². The molecule has 146 valence electrons. The topological polar surface area (TPSA) is 41.4 Å². The third-order valence-electron chi connectivity index (χ3n) is 5.59. The lowest BCUT2D eigenvalue weighted by molar-refractivity contribution is 0.0371. The van der Waals surface area contributed by atoms with Crippen molar-refractivity contribution >= 4 is 5.91 Å². The standard InChI is InChI=1S/C22H32N4O/c1-6-21-15-24(11-12-25(21)16(2)3)22(27)20-9-7-19(8-10-20)14-26-18(5)13-17(4)23-26/h7-10,13,16,21H,6,11-12,14-15H2,1-5H3/t21-/m0/s1. The first-order valence-electron chi connectivity index (χ1n) is 10.0. The van der Waals surface area contributed by atoms with Crippen LogP contribution in [0.5, 0.6) is 0 Å². The Kier molecular flexibility index (Phi) is 6.00. The minimum absolute atomic E-state index is 0.148. The van der Waals surface area contributed by atoms with Crippen molar-refractivity contribution in [2.75, 3.05) is 19.6 Å². The number of benzene rings is 1. The molecule has 1 saturated heterocycles. The molecule has 5 nitrogen and oxygen atoms in total. The first kappa shape index (κ1) is 19.6. The van der Waals surface area contributed by atoms with Crippen LogP contribution in [0.4, 0.5) is 0 Å². The molecular weight excluding hydrogens is 336 g/mol. The molecule has 0 unspecified atom stereocenters. The van der Waals surface area contributed by atoms with Gasteiger partial charge in [0.25, 0.3) is 5.91 Å². The highest BCUT2D eigenvalue weighted by Gasteiger charge is 2.30. The second-order valence-electron chi connectivity index (χ2n) is 7.93. The van der Waals surface area contributed by atoms with Gasteiger partial charge in [0, 0.05) is 43.0 Å². The van der Waals surface area contributed by atoms with Crippen LogP contribution >= 0.6 is 0 Å². The van der Waals surface area contributed by atoms with Gasteiger partial charge in [0.2, 0.25) is 0 Å². The number of hydrogen-bond donors (Lipinski definition) is 0. The van der Waals surface area contributed by atoms with E-state index >= 15 is 0 Å². The van der Waals surface area contributed by atoms with E-state index in [1.54, 1.807) is 0 Å². The van der Waals surface area contributed by atoms with Crippen LogP contribution in [-0.4, -0.2) is 57.2 Å². The minimum atomic E-state index is 0.148. The SMILES string of the molecule is CC[C@H]1CN(C(=O)c2ccc(Cn3nc(C)cc3C)cc2)CCN1C(C)C. The number of carbonyl (C=O) groups excluding carboxylic acids is 1. The van der Waals surface area contributed by atoms with Crippen molar-refractivity contribution in [3.05, 3.63) is 52.8 Å². The van der Waals surface area contributed by atoms with Crippen LogP contribution < -0.4 is 0 Å². The third kappa shape index (κ3) is 4.41. The van der Waals surface area contributed by atoms with Crippen molar-refractivity contribution in [3.63, 3.8) is 0 Å². The number of carbonyl (C=O) groups is 1. The van der Waals surface area contributed by atoms with E-state index in [-0.39, 0.29) is 5.91 Å². The molecule has 1 atom stereocenters. The molecule has 1 aliphatic heterocycles. The van der Waals surface area contributed by atoms with Gasteiger partial charge in [0.1, 0.15) is 0 Å². The molecule has 0 aliphatic carbocycles. The van der Waals surface area contributed by atoms with E-state index in [1.165, 1.54) is 0 Å². The molecule has 2 heterocycles. The highest BCUT2D eigenvalue weighted by Crippen LogP contribution is 2.18. The smallest absolute Gasteiger partial charge is 0.253 e. The summed E-state index contributed by atoms with van der Waals surface area (Å²) in [7, 11) is 0. The summed E-state index contributed by atoms with van der Waals surface area (Å²) in [6.45, 7) is 14.1. The lowest BCUT2D eigenvalue weighted by Gasteiger charge is -2.43. The van der Waals surface area contributed by atoms with Gasteiger partial charge in [-0.3, -0.25) is 14.4 Å². The molecule has 1 aliphatic rings. The van der Waals surface area contributed by atoms with Gasteiger partial charge in [0.05, 0.1) is 12.2 Å². The molecule has 0 radical (unpaired) electrons. The molecule has 3 rings (SSSR count). The maximum absolute atomic E-state index is 13.0. The quantitative estimate of drug-likeness (QED) is 0.811. The maximum Gasteiger partial charge on any atom is 0.253 e. The number of aryl methyl sites for hydroxylation is 2. The van der Waals surface area contributed by atoms with Crippen LogP contribution in [-0.2, 0) is 6.54 Å². The zero-order valence-electron chi connectivity index (χ0n) is 17.3. The van der Waals surface area contributed by atoms with Crippen molar-refractivity contribution in [1.29, 1.82) is 0 Å². The fourth-order valence-electron chi connectivity index (χ4n) is 4.04. The zero-order chi connectivity index (χ0) is 19.6. The van der Waals surface area contributed by atoms with E-state index in [0.29, 0.717) is 12.1 Å². The number of hydrogen-bond acceptors (Lipinski definition) is 3. The van der Waals surface area contributed by atoms with Crippen molar-refractivity contribution in [2.24, 2.45) is 0 Å². The van der Waals surface area contributed by atoms with Crippen molar-refractivity contribution < 1.29 is 4.79 Å². The Morgan fingerprint density at radius 1 is 1.19 bits per heavy atom. The Morgan fingerprint density at radius 2 is 1.89 bits per heavy atom. The van der Waals surface area contributed by atoms with E-state index in [1.807, 2.05) is 40.8 Å². The molecule has 1 aromatic carbocycles. The average molecular weight is 369 g/mol. The highest BCUT2D eigenvalue weighted by molar-refractivity contribution is 5.94. The normalized spacial score (nSPS) is 18.3. The Morgan fingerprint density at radius 3 is 2.44 bits per heavy atom. The van der Waals surface area contributed by atoms with Gasteiger partial charge in [-0.1, -0.05) is 19.1 Å². The number of aromatic nitrogens is 2. The van der Waals surface area contributed by atoms with Gasteiger partial charge in [-0.2, -0.15) is 5.10 Å². The molecule has 0 saturated carbocycles. The Bertz CT molecular complexity index is 778. The number of nitrogens with zero attached hydrogens (tertiary/aromatic N) is 4. The summed E-state index contributed by atoms with van der Waals surface area (Å²) in [6.07, 6.45) is 1.07. The third-order valence-corrected chi connectivity index (χ3v) is 5.59. The minimum Gasteiger partial charge on any atom is -0.336 e. The first-order valence-corrected chi connectivity index (χ1v) is 10.0. The molecule has 0 spiro atoms. The fourth-order valence-corrected chi connectivity index (χ4v) is 4.04. The predicted molar refractivity (Wildman–Crippen MR) is 109 cm³/mol. The Labute approximate surface area is 163 Å². The molecule has 0 N–H and O–H groups in total. The van der Waals surface area contributed by atoms with Crippen LogP contribution in [0.1, 0.15) is 54.5 Å². The van der Waals surface area contributed by atoms with Crippen LogP contribution in [0.15, 0.2) is 30.3 Å².